The van der Waals surface area contributed by atoms with E-state index in [1.165, 1.54) is 6.07 Å². The minimum Gasteiger partial charge on any atom is -0.302 e. The van der Waals surface area contributed by atoms with Gasteiger partial charge in [-0.15, -0.1) is 0 Å². The van der Waals surface area contributed by atoms with Gasteiger partial charge in [-0.2, -0.15) is 5.06 Å². The highest BCUT2D eigenvalue weighted by molar-refractivity contribution is 9.10. The van der Waals surface area contributed by atoms with Crippen molar-refractivity contribution in [3.63, 3.8) is 0 Å². The maximum absolute atomic E-state index is 13.9. The summed E-state index contributed by atoms with van der Waals surface area (Å²) in [4.78, 5) is 25.2. The number of carbonyl (C=O) groups is 2. The van der Waals surface area contributed by atoms with Crippen LogP contribution >= 0.6 is 15.9 Å². The second kappa shape index (κ2) is 6.49. The Labute approximate surface area is 148 Å². The highest BCUT2D eigenvalue weighted by Gasteiger charge is 2.43. The van der Waals surface area contributed by atoms with Gasteiger partial charge in [0, 0.05) is 16.6 Å². The molecule has 25 heavy (non-hydrogen) atoms. The molecule has 0 aromatic heterocycles. The lowest BCUT2D eigenvalue weighted by molar-refractivity contribution is -0.168. The summed E-state index contributed by atoms with van der Waals surface area (Å²) >= 11 is 3.23. The molecule has 9 heteroatoms. The molecule has 1 unspecified atom stereocenters. The summed E-state index contributed by atoms with van der Waals surface area (Å²) in [6, 6.07) is 7.13. The second-order valence-corrected chi connectivity index (χ2v) is 6.26. The van der Waals surface area contributed by atoms with E-state index in [2.05, 4.69) is 15.9 Å². The normalized spacial score (nSPS) is 17.3. The Morgan fingerprint density at radius 3 is 2.40 bits per heavy atom. The molecule has 0 aliphatic carbocycles. The molecule has 0 spiro atoms. The molecule has 2 amide bonds. The molecule has 2 aromatic rings. The molecule has 5 nitrogen and oxygen atoms in total. The van der Waals surface area contributed by atoms with Crippen molar-refractivity contribution in [2.45, 2.75) is 6.17 Å². The van der Waals surface area contributed by atoms with E-state index in [0.717, 1.165) is 4.90 Å². The molecule has 1 aliphatic rings. The first-order valence-corrected chi connectivity index (χ1v) is 7.81. The lowest BCUT2D eigenvalue weighted by atomic mass is 10.1. The van der Waals surface area contributed by atoms with Crippen molar-refractivity contribution in [1.82, 2.24) is 9.96 Å². The third-order valence-corrected chi connectivity index (χ3v) is 4.21. The molecule has 3 rings (SSSR count). The van der Waals surface area contributed by atoms with Gasteiger partial charge in [0.2, 0.25) is 0 Å². The standard InChI is InChI=1S/C16H10BrF3N2O3/c17-9-3-1-2-8(4-9)15-21(7-13(23)22(15)25)16(24)14-11(19)5-10(18)6-12(14)20/h1-6,15,25H,7H2. The predicted octanol–water partition coefficient (Wildman–Crippen LogP) is 3.24. The van der Waals surface area contributed by atoms with Crippen LogP contribution in [-0.4, -0.2) is 33.5 Å². The molecule has 2 aromatic carbocycles. The van der Waals surface area contributed by atoms with Crippen molar-refractivity contribution in [1.29, 1.82) is 0 Å². The van der Waals surface area contributed by atoms with Crippen LogP contribution in [0.2, 0.25) is 0 Å². The number of benzene rings is 2. The number of carbonyl (C=O) groups excluding carboxylic acids is 2. The summed E-state index contributed by atoms with van der Waals surface area (Å²) in [6.07, 6.45) is -1.26. The van der Waals surface area contributed by atoms with Gasteiger partial charge in [0.1, 0.15) is 29.6 Å². The van der Waals surface area contributed by atoms with Crippen molar-refractivity contribution >= 4 is 27.7 Å². The maximum atomic E-state index is 13.9. The van der Waals surface area contributed by atoms with Gasteiger partial charge in [-0.25, -0.2) is 13.2 Å². The first-order valence-electron chi connectivity index (χ1n) is 7.01. The maximum Gasteiger partial charge on any atom is 0.267 e. The second-order valence-electron chi connectivity index (χ2n) is 5.34. The molecule has 1 N–H and O–H groups in total. The Balaban J connectivity index is 2.05. The number of amides is 2. The average molecular weight is 415 g/mol. The van der Waals surface area contributed by atoms with Gasteiger partial charge >= 0.3 is 0 Å². The lowest BCUT2D eigenvalue weighted by Crippen LogP contribution is -2.35. The predicted molar refractivity (Wildman–Crippen MR) is 82.9 cm³/mol. The Bertz CT molecular complexity index is 854. The number of hydrogen-bond donors (Lipinski definition) is 1. The number of hydroxylamine groups is 2. The van der Waals surface area contributed by atoms with E-state index < -0.39 is 47.5 Å². The van der Waals surface area contributed by atoms with E-state index in [4.69, 9.17) is 0 Å². The smallest absolute Gasteiger partial charge is 0.267 e. The quantitative estimate of drug-likeness (QED) is 0.767. The number of hydrogen-bond acceptors (Lipinski definition) is 3. The van der Waals surface area contributed by atoms with Gasteiger partial charge in [-0.3, -0.25) is 14.8 Å². The van der Waals surface area contributed by atoms with Crippen LogP contribution in [0.4, 0.5) is 13.2 Å². The summed E-state index contributed by atoms with van der Waals surface area (Å²) in [6.45, 7) is -0.581. The fourth-order valence-electron chi connectivity index (χ4n) is 2.63. The van der Waals surface area contributed by atoms with Crippen LogP contribution in [0.15, 0.2) is 40.9 Å². The van der Waals surface area contributed by atoms with E-state index in [1.54, 1.807) is 18.2 Å². The first kappa shape index (κ1) is 17.4. The Morgan fingerprint density at radius 1 is 1.16 bits per heavy atom. The summed E-state index contributed by atoms with van der Waals surface area (Å²) in [7, 11) is 0. The number of halogens is 4. The van der Waals surface area contributed by atoms with Gasteiger partial charge in [-0.1, -0.05) is 28.1 Å². The highest BCUT2D eigenvalue weighted by atomic mass is 79.9. The summed E-state index contributed by atoms with van der Waals surface area (Å²) in [5.74, 6) is -5.94. The summed E-state index contributed by atoms with van der Waals surface area (Å²) < 4.78 is 41.5. The van der Waals surface area contributed by atoms with Crippen molar-refractivity contribution in [2.75, 3.05) is 6.54 Å². The van der Waals surface area contributed by atoms with Crippen LogP contribution in [0, 0.1) is 17.5 Å². The van der Waals surface area contributed by atoms with E-state index in [9.17, 15) is 28.0 Å². The fourth-order valence-corrected chi connectivity index (χ4v) is 3.05. The molecule has 0 saturated carbocycles. The molecule has 1 aliphatic heterocycles. The monoisotopic (exact) mass is 414 g/mol. The van der Waals surface area contributed by atoms with Gasteiger partial charge < -0.3 is 4.90 Å². The van der Waals surface area contributed by atoms with Gasteiger partial charge in [0.05, 0.1) is 0 Å². The van der Waals surface area contributed by atoms with Gasteiger partial charge in [0.15, 0.2) is 6.17 Å². The van der Waals surface area contributed by atoms with Crippen molar-refractivity contribution in [3.8, 4) is 0 Å². The van der Waals surface area contributed by atoms with Crippen LogP contribution in [0.3, 0.4) is 0 Å². The van der Waals surface area contributed by atoms with Crippen LogP contribution < -0.4 is 0 Å². The third-order valence-electron chi connectivity index (χ3n) is 3.72. The fraction of sp³-hybridized carbons (Fsp3) is 0.125. The Kier molecular flexibility index (Phi) is 4.53. The molecule has 1 saturated heterocycles. The van der Waals surface area contributed by atoms with Crippen LogP contribution in [0.1, 0.15) is 22.1 Å². The molecular formula is C16H10BrF3N2O3. The van der Waals surface area contributed by atoms with E-state index in [-0.39, 0.29) is 0 Å². The molecule has 0 radical (unpaired) electrons. The van der Waals surface area contributed by atoms with Gasteiger partial charge in [-0.05, 0) is 17.7 Å². The first-order chi connectivity index (χ1) is 11.8. The van der Waals surface area contributed by atoms with Crippen LogP contribution in [0.25, 0.3) is 0 Å². The SMILES string of the molecule is O=C1CN(C(=O)c2c(F)cc(F)cc2F)C(c2cccc(Br)c2)N1O. The van der Waals surface area contributed by atoms with E-state index >= 15 is 0 Å². The number of rotatable bonds is 2. The lowest BCUT2D eigenvalue weighted by Gasteiger charge is -2.26. The zero-order chi connectivity index (χ0) is 18.3. The summed E-state index contributed by atoms with van der Waals surface area (Å²) in [5, 5.41) is 10.3. The minimum atomic E-state index is -1.39. The molecule has 130 valence electrons. The third kappa shape index (κ3) is 3.12. The van der Waals surface area contributed by atoms with E-state index in [0.29, 0.717) is 27.2 Å². The number of nitrogens with zero attached hydrogens (tertiary/aromatic N) is 2. The van der Waals surface area contributed by atoms with Crippen molar-refractivity contribution in [3.05, 3.63) is 69.4 Å². The zero-order valence-electron chi connectivity index (χ0n) is 12.4. The molecule has 1 fully saturated rings. The van der Waals surface area contributed by atoms with Crippen LogP contribution in [-0.2, 0) is 4.79 Å². The molecule has 1 atom stereocenters. The van der Waals surface area contributed by atoms with E-state index in [1.807, 2.05) is 0 Å². The van der Waals surface area contributed by atoms with Gasteiger partial charge in [0.25, 0.3) is 11.8 Å². The molecular weight excluding hydrogens is 405 g/mol. The zero-order valence-corrected chi connectivity index (χ0v) is 14.0. The van der Waals surface area contributed by atoms with Crippen molar-refractivity contribution in [2.24, 2.45) is 0 Å². The Hall–Kier alpha value is -2.39. The summed E-state index contributed by atoms with van der Waals surface area (Å²) in [5.41, 5.74) is -0.650. The molecule has 1 heterocycles. The largest absolute Gasteiger partial charge is 0.302 e. The van der Waals surface area contributed by atoms with Crippen LogP contribution in [0.5, 0.6) is 0 Å². The molecule has 0 bridgehead atoms. The average Bonchev–Trinajstić information content (AvgIpc) is 2.82. The van der Waals surface area contributed by atoms with Crippen molar-refractivity contribution < 1.29 is 28.0 Å². The highest BCUT2D eigenvalue weighted by Crippen LogP contribution is 2.32. The Morgan fingerprint density at radius 2 is 1.80 bits per heavy atom. The topological polar surface area (TPSA) is 60.9 Å². The minimum absolute atomic E-state index is 0.318.